The van der Waals surface area contributed by atoms with E-state index in [2.05, 4.69) is 24.1 Å². The van der Waals surface area contributed by atoms with Crippen LogP contribution in [0, 0.1) is 11.3 Å². The van der Waals surface area contributed by atoms with E-state index in [4.69, 9.17) is 4.74 Å². The third kappa shape index (κ3) is 2.98. The topological polar surface area (TPSA) is 73.2 Å². The first-order chi connectivity index (χ1) is 17.2. The summed E-state index contributed by atoms with van der Waals surface area (Å²) < 4.78 is 6.56. The van der Waals surface area contributed by atoms with Crippen molar-refractivity contribution < 1.29 is 19.7 Å². The molecule has 2 N–H and O–H groups in total. The molecule has 1 unspecified atom stereocenters. The highest BCUT2D eigenvalue weighted by Crippen LogP contribution is 2.66. The van der Waals surface area contributed by atoms with E-state index in [1.807, 2.05) is 62.3 Å². The van der Waals surface area contributed by atoms with E-state index >= 15 is 0 Å². The normalized spacial score (nSPS) is 37.1. The van der Waals surface area contributed by atoms with Gasteiger partial charge in [-0.15, -0.1) is 0 Å². The fourth-order valence-corrected chi connectivity index (χ4v) is 7.68. The Morgan fingerprint density at radius 1 is 1.22 bits per heavy atom. The van der Waals surface area contributed by atoms with Gasteiger partial charge < -0.3 is 24.7 Å². The molecule has 2 bridgehead atoms. The quantitative estimate of drug-likeness (QED) is 0.490. The fourth-order valence-electron chi connectivity index (χ4n) is 7.68. The molecule has 1 saturated carbocycles. The van der Waals surface area contributed by atoms with Gasteiger partial charge in [-0.3, -0.25) is 4.79 Å². The van der Waals surface area contributed by atoms with Crippen molar-refractivity contribution in [3.8, 4) is 0 Å². The number of hydrogen-bond acceptors (Lipinski definition) is 6. The van der Waals surface area contributed by atoms with E-state index in [1.54, 1.807) is 0 Å². The number of carbonyl (C=O) groups excluding carboxylic acids is 1. The monoisotopic (exact) mass is 488 g/mol. The van der Waals surface area contributed by atoms with Gasteiger partial charge in [-0.05, 0) is 44.0 Å². The Labute approximate surface area is 213 Å². The van der Waals surface area contributed by atoms with Gasteiger partial charge in [0.05, 0.1) is 5.70 Å². The number of aliphatic hydroxyl groups is 2. The maximum Gasteiger partial charge on any atom is 0.200 e. The summed E-state index contributed by atoms with van der Waals surface area (Å²) >= 11 is 0. The maximum absolute atomic E-state index is 14.4. The van der Waals surface area contributed by atoms with Crippen LogP contribution in [0.3, 0.4) is 0 Å². The molecule has 0 aromatic heterocycles. The lowest BCUT2D eigenvalue weighted by Crippen LogP contribution is -2.62. The van der Waals surface area contributed by atoms with Crippen LogP contribution in [0.1, 0.15) is 38.2 Å². The largest absolute Gasteiger partial charge is 0.487 e. The molecular formula is C30H36N2O4. The first-order valence-electron chi connectivity index (χ1n) is 13.1. The van der Waals surface area contributed by atoms with Gasteiger partial charge in [0.1, 0.15) is 18.0 Å². The smallest absolute Gasteiger partial charge is 0.200 e. The second-order valence-electron chi connectivity index (χ2n) is 11.3. The number of piperidine rings is 1. The van der Waals surface area contributed by atoms with Crippen molar-refractivity contribution in [2.75, 3.05) is 27.7 Å². The van der Waals surface area contributed by atoms with Gasteiger partial charge in [-0.25, -0.2) is 0 Å². The van der Waals surface area contributed by atoms with Crippen LogP contribution in [0.5, 0.6) is 0 Å². The lowest BCUT2D eigenvalue weighted by molar-refractivity contribution is -0.137. The third-order valence-corrected chi connectivity index (χ3v) is 9.28. The molecule has 3 aliphatic carbocycles. The SMILES string of the molecule is CCC(C(=O)C1(O)CC=C2C[C@@H]3[C@@H]4C=C[C@H](O)[C@@H]5OC1=C2[C@]45CCN3C)=C(c1ccccc1)N(C)C. The lowest BCUT2D eigenvalue weighted by Gasteiger charge is -2.58. The number of likely N-dealkylation sites (tertiary alicyclic amines) is 1. The Morgan fingerprint density at radius 3 is 2.67 bits per heavy atom. The first kappa shape index (κ1) is 23.7. The summed E-state index contributed by atoms with van der Waals surface area (Å²) in [5, 5.41) is 23.3. The molecule has 1 saturated heterocycles. The predicted octanol–water partition coefficient (Wildman–Crippen LogP) is 3.29. The number of aliphatic hydroxyl groups excluding tert-OH is 1. The second-order valence-corrected chi connectivity index (χ2v) is 11.3. The molecule has 2 heterocycles. The Balaban J connectivity index is 1.51. The summed E-state index contributed by atoms with van der Waals surface area (Å²) in [7, 11) is 6.04. The number of hydrogen-bond donors (Lipinski definition) is 2. The van der Waals surface area contributed by atoms with Crippen molar-refractivity contribution in [1.29, 1.82) is 0 Å². The summed E-state index contributed by atoms with van der Waals surface area (Å²) in [4.78, 5) is 18.7. The molecular weight excluding hydrogens is 452 g/mol. The average Bonchev–Trinajstić information content (AvgIpc) is 3.23. The summed E-state index contributed by atoms with van der Waals surface area (Å²) in [5.41, 5.74) is 2.32. The zero-order valence-corrected chi connectivity index (χ0v) is 21.6. The molecule has 5 aliphatic rings. The Morgan fingerprint density at radius 2 is 1.97 bits per heavy atom. The highest BCUT2D eigenvalue weighted by atomic mass is 16.5. The highest BCUT2D eigenvalue weighted by molar-refractivity contribution is 6.09. The van der Waals surface area contributed by atoms with Gasteiger partial charge in [-0.2, -0.15) is 0 Å². The van der Waals surface area contributed by atoms with E-state index < -0.39 is 23.2 Å². The van der Waals surface area contributed by atoms with Crippen LogP contribution in [0.4, 0.5) is 0 Å². The molecule has 6 rings (SSSR count). The molecule has 6 heteroatoms. The number of ketones is 1. The summed E-state index contributed by atoms with van der Waals surface area (Å²) in [5.74, 6) is 0.275. The summed E-state index contributed by atoms with van der Waals surface area (Å²) in [6, 6.07) is 10.2. The number of Topliss-reactive ketones (excluding diaryl/α,β-unsaturated/α-hetero) is 1. The third-order valence-electron chi connectivity index (χ3n) is 9.28. The van der Waals surface area contributed by atoms with Crippen LogP contribution in [0.25, 0.3) is 5.70 Å². The number of benzene rings is 1. The van der Waals surface area contributed by atoms with E-state index in [-0.39, 0.29) is 18.1 Å². The minimum Gasteiger partial charge on any atom is -0.487 e. The van der Waals surface area contributed by atoms with Gasteiger partial charge in [0.25, 0.3) is 0 Å². The van der Waals surface area contributed by atoms with Gasteiger partial charge in [0.2, 0.25) is 5.78 Å². The minimum atomic E-state index is -1.78. The van der Waals surface area contributed by atoms with Gasteiger partial charge in [0.15, 0.2) is 5.60 Å². The van der Waals surface area contributed by atoms with E-state index in [1.165, 1.54) is 5.57 Å². The van der Waals surface area contributed by atoms with Crippen LogP contribution in [0.2, 0.25) is 0 Å². The molecule has 0 radical (unpaired) electrons. The molecule has 36 heavy (non-hydrogen) atoms. The number of nitrogens with zero attached hydrogens (tertiary/aromatic N) is 2. The molecule has 0 amide bonds. The van der Waals surface area contributed by atoms with Crippen LogP contribution >= 0.6 is 0 Å². The fraction of sp³-hybridized carbons (Fsp3) is 0.500. The summed E-state index contributed by atoms with van der Waals surface area (Å²) in [6.45, 7) is 2.86. The number of carbonyl (C=O) groups is 1. The van der Waals surface area contributed by atoms with Gasteiger partial charge in [-0.1, -0.05) is 55.5 Å². The van der Waals surface area contributed by atoms with Gasteiger partial charge in [0, 0.05) is 49.0 Å². The molecule has 2 fully saturated rings. The van der Waals surface area contributed by atoms with E-state index in [0.29, 0.717) is 23.8 Å². The highest BCUT2D eigenvalue weighted by Gasteiger charge is 2.68. The average molecular weight is 489 g/mol. The molecule has 190 valence electrons. The molecule has 6 atom stereocenters. The van der Waals surface area contributed by atoms with Crippen molar-refractivity contribution >= 4 is 11.5 Å². The zero-order chi connectivity index (χ0) is 25.4. The molecule has 1 aromatic carbocycles. The van der Waals surface area contributed by atoms with Crippen LogP contribution < -0.4 is 0 Å². The first-order valence-corrected chi connectivity index (χ1v) is 13.1. The minimum absolute atomic E-state index is 0.187. The molecule has 6 nitrogen and oxygen atoms in total. The number of ether oxygens (including phenoxy) is 1. The van der Waals surface area contributed by atoms with Crippen LogP contribution in [0.15, 0.2) is 71.0 Å². The molecule has 1 spiro atoms. The molecule has 1 aromatic rings. The standard InChI is InChI=1S/C30H36N2O4/c1-5-20(25(31(2)3)18-9-7-6-8-10-18)26(34)30(35)14-13-19-17-22-21-11-12-23(33)27-29(21,15-16-32(22)4)24(19)28(30)36-27/h6-13,21-23,27,33,35H,5,14-17H2,1-4H3/t21-,22+,23-,27-,29-,30?/m0/s1. The van der Waals surface area contributed by atoms with Crippen LogP contribution in [-0.4, -0.2) is 77.3 Å². The van der Waals surface area contributed by atoms with E-state index in [0.717, 1.165) is 36.2 Å². The van der Waals surface area contributed by atoms with Crippen molar-refractivity contribution in [1.82, 2.24) is 9.80 Å². The number of rotatable bonds is 5. The molecule has 2 aliphatic heterocycles. The lowest BCUT2D eigenvalue weighted by atomic mass is 9.51. The van der Waals surface area contributed by atoms with Crippen molar-refractivity contribution in [2.45, 2.75) is 56.5 Å². The van der Waals surface area contributed by atoms with Gasteiger partial charge >= 0.3 is 0 Å². The Hall–Kier alpha value is -2.67. The van der Waals surface area contributed by atoms with Crippen molar-refractivity contribution in [3.63, 3.8) is 0 Å². The Kier molecular flexibility index (Phi) is 5.38. The second kappa shape index (κ2) is 8.17. The maximum atomic E-state index is 14.4. The van der Waals surface area contributed by atoms with Crippen molar-refractivity contribution in [2.24, 2.45) is 11.3 Å². The predicted molar refractivity (Wildman–Crippen MR) is 139 cm³/mol. The summed E-state index contributed by atoms with van der Waals surface area (Å²) in [6.07, 6.45) is 7.20. The Bertz CT molecular complexity index is 1230. The van der Waals surface area contributed by atoms with Crippen molar-refractivity contribution in [3.05, 3.63) is 76.6 Å². The van der Waals surface area contributed by atoms with Crippen LogP contribution in [-0.2, 0) is 9.53 Å². The van der Waals surface area contributed by atoms with E-state index in [9.17, 15) is 15.0 Å². The zero-order valence-electron chi connectivity index (χ0n) is 21.6.